The zero-order chi connectivity index (χ0) is 13.5. The van der Waals surface area contributed by atoms with Gasteiger partial charge in [0.05, 0.1) is 5.56 Å². The molecule has 2 aromatic rings. The summed E-state index contributed by atoms with van der Waals surface area (Å²) in [5.41, 5.74) is 0.673. The van der Waals surface area contributed by atoms with E-state index in [0.29, 0.717) is 17.5 Å². The SMILES string of the molecule is O=C(N[C@H]1CN2CCC1CC2)c1cnc2sccc2c1. The van der Waals surface area contributed by atoms with Crippen molar-refractivity contribution in [2.75, 3.05) is 19.6 Å². The molecule has 5 rings (SSSR count). The highest BCUT2D eigenvalue weighted by Gasteiger charge is 2.34. The Balaban J connectivity index is 1.52. The lowest BCUT2D eigenvalue weighted by Crippen LogP contribution is -2.57. The molecular formula is C15H17N3OS. The van der Waals surface area contributed by atoms with Gasteiger partial charge in [0.2, 0.25) is 0 Å². The minimum Gasteiger partial charge on any atom is -0.348 e. The molecule has 0 aromatic carbocycles. The zero-order valence-corrected chi connectivity index (χ0v) is 12.0. The van der Waals surface area contributed by atoms with Gasteiger partial charge in [-0.2, -0.15) is 0 Å². The first kappa shape index (κ1) is 12.3. The van der Waals surface area contributed by atoms with Crippen molar-refractivity contribution in [3.8, 4) is 0 Å². The van der Waals surface area contributed by atoms with Crippen LogP contribution in [-0.2, 0) is 0 Å². The van der Waals surface area contributed by atoms with Gasteiger partial charge in [0.15, 0.2) is 0 Å². The predicted octanol–water partition coefficient (Wildman–Crippen LogP) is 2.12. The number of carbonyl (C=O) groups is 1. The molecular weight excluding hydrogens is 270 g/mol. The van der Waals surface area contributed by atoms with Crippen LogP contribution in [-0.4, -0.2) is 41.5 Å². The van der Waals surface area contributed by atoms with E-state index in [4.69, 9.17) is 0 Å². The predicted molar refractivity (Wildman–Crippen MR) is 80.0 cm³/mol. The number of piperidine rings is 3. The van der Waals surface area contributed by atoms with E-state index in [1.54, 1.807) is 17.5 Å². The summed E-state index contributed by atoms with van der Waals surface area (Å²) in [5.74, 6) is 0.672. The second kappa shape index (κ2) is 4.82. The molecule has 0 unspecified atom stereocenters. The first-order valence-corrected chi connectivity index (χ1v) is 8.04. The summed E-state index contributed by atoms with van der Waals surface area (Å²) in [5, 5.41) is 6.27. The van der Waals surface area contributed by atoms with Crippen LogP contribution < -0.4 is 5.32 Å². The molecule has 20 heavy (non-hydrogen) atoms. The molecule has 0 radical (unpaired) electrons. The first-order valence-electron chi connectivity index (χ1n) is 7.16. The minimum atomic E-state index is 0.0179. The highest BCUT2D eigenvalue weighted by Crippen LogP contribution is 2.27. The van der Waals surface area contributed by atoms with Crippen molar-refractivity contribution in [1.29, 1.82) is 0 Å². The third-order valence-electron chi connectivity index (χ3n) is 4.54. The van der Waals surface area contributed by atoms with E-state index in [1.807, 2.05) is 17.5 Å². The largest absolute Gasteiger partial charge is 0.348 e. The molecule has 1 amide bonds. The van der Waals surface area contributed by atoms with Crippen molar-refractivity contribution in [3.05, 3.63) is 29.3 Å². The Morgan fingerprint density at radius 3 is 3.00 bits per heavy atom. The van der Waals surface area contributed by atoms with Crippen molar-refractivity contribution in [3.63, 3.8) is 0 Å². The van der Waals surface area contributed by atoms with Crippen molar-refractivity contribution in [1.82, 2.24) is 15.2 Å². The molecule has 0 saturated carbocycles. The van der Waals surface area contributed by atoms with Gasteiger partial charge in [-0.1, -0.05) is 0 Å². The molecule has 3 aliphatic rings. The number of rotatable bonds is 2. The fraction of sp³-hybridized carbons (Fsp3) is 0.467. The maximum Gasteiger partial charge on any atom is 0.253 e. The van der Waals surface area contributed by atoms with Crippen molar-refractivity contribution in [2.24, 2.45) is 5.92 Å². The molecule has 104 valence electrons. The standard InChI is InChI=1S/C15H17N3OS/c19-14(12-7-11-3-6-20-15(11)16-8-12)17-13-9-18-4-1-10(13)2-5-18/h3,6-8,10,13H,1-2,4-5,9H2,(H,17,19)/t13-/m0/s1. The molecule has 3 aliphatic heterocycles. The van der Waals surface area contributed by atoms with E-state index < -0.39 is 0 Å². The Morgan fingerprint density at radius 1 is 1.40 bits per heavy atom. The smallest absolute Gasteiger partial charge is 0.253 e. The molecule has 1 atom stereocenters. The number of nitrogens with one attached hydrogen (secondary N) is 1. The second-order valence-electron chi connectivity index (χ2n) is 5.76. The number of aromatic nitrogens is 1. The van der Waals surface area contributed by atoms with E-state index in [9.17, 15) is 4.79 Å². The number of nitrogens with zero attached hydrogens (tertiary/aromatic N) is 2. The first-order chi connectivity index (χ1) is 9.79. The molecule has 3 fully saturated rings. The number of pyridine rings is 1. The molecule has 3 saturated heterocycles. The zero-order valence-electron chi connectivity index (χ0n) is 11.2. The lowest BCUT2D eigenvalue weighted by atomic mass is 9.84. The average Bonchev–Trinajstić information content (AvgIpc) is 2.96. The Hall–Kier alpha value is -1.46. The molecule has 5 heteroatoms. The topological polar surface area (TPSA) is 45.2 Å². The van der Waals surface area contributed by atoms with Crippen LogP contribution in [0.25, 0.3) is 10.2 Å². The van der Waals surface area contributed by atoms with Gasteiger partial charge in [-0.25, -0.2) is 4.98 Å². The van der Waals surface area contributed by atoms with Crippen LogP contribution in [0.4, 0.5) is 0 Å². The molecule has 2 bridgehead atoms. The summed E-state index contributed by atoms with van der Waals surface area (Å²) in [6, 6.07) is 4.26. The van der Waals surface area contributed by atoms with Gasteiger partial charge in [-0.05, 0) is 49.4 Å². The summed E-state index contributed by atoms with van der Waals surface area (Å²) >= 11 is 1.60. The summed E-state index contributed by atoms with van der Waals surface area (Å²) in [7, 11) is 0. The highest BCUT2D eigenvalue weighted by molar-refractivity contribution is 7.16. The maximum atomic E-state index is 12.4. The second-order valence-corrected chi connectivity index (χ2v) is 6.65. The van der Waals surface area contributed by atoms with Crippen LogP contribution in [0.3, 0.4) is 0 Å². The van der Waals surface area contributed by atoms with Crippen LogP contribution in [0.2, 0.25) is 0 Å². The fourth-order valence-electron chi connectivity index (χ4n) is 3.36. The maximum absolute atomic E-state index is 12.4. The van der Waals surface area contributed by atoms with Crippen LogP contribution in [0.5, 0.6) is 0 Å². The number of thiophene rings is 1. The normalized spacial score (nSPS) is 28.7. The van der Waals surface area contributed by atoms with Crippen LogP contribution in [0.15, 0.2) is 23.7 Å². The van der Waals surface area contributed by atoms with Crippen LogP contribution >= 0.6 is 11.3 Å². The van der Waals surface area contributed by atoms with Gasteiger partial charge >= 0.3 is 0 Å². The van der Waals surface area contributed by atoms with Crippen LogP contribution in [0.1, 0.15) is 23.2 Å². The van der Waals surface area contributed by atoms with Crippen molar-refractivity contribution < 1.29 is 4.79 Å². The molecule has 4 nitrogen and oxygen atoms in total. The van der Waals surface area contributed by atoms with Crippen LogP contribution in [0, 0.1) is 5.92 Å². The average molecular weight is 287 g/mol. The number of fused-ring (bicyclic) bond motifs is 4. The number of hydrogen-bond acceptors (Lipinski definition) is 4. The lowest BCUT2D eigenvalue weighted by Gasteiger charge is -2.44. The highest BCUT2D eigenvalue weighted by atomic mass is 32.1. The van der Waals surface area contributed by atoms with Gasteiger partial charge in [0.25, 0.3) is 5.91 Å². The van der Waals surface area contributed by atoms with Gasteiger partial charge in [0, 0.05) is 24.2 Å². The Morgan fingerprint density at radius 2 is 2.25 bits per heavy atom. The summed E-state index contributed by atoms with van der Waals surface area (Å²) in [6.45, 7) is 3.39. The Kier molecular flexibility index (Phi) is 2.97. The Bertz CT molecular complexity index is 645. The van der Waals surface area contributed by atoms with Gasteiger partial charge < -0.3 is 10.2 Å². The van der Waals surface area contributed by atoms with E-state index in [2.05, 4.69) is 15.2 Å². The summed E-state index contributed by atoms with van der Waals surface area (Å²) < 4.78 is 0. The van der Waals surface area contributed by atoms with Crippen molar-refractivity contribution in [2.45, 2.75) is 18.9 Å². The Labute approximate surface area is 121 Å². The molecule has 2 aromatic heterocycles. The third-order valence-corrected chi connectivity index (χ3v) is 5.38. The molecule has 0 spiro atoms. The number of hydrogen-bond donors (Lipinski definition) is 1. The lowest BCUT2D eigenvalue weighted by molar-refractivity contribution is 0.0620. The van der Waals surface area contributed by atoms with Gasteiger partial charge in [-0.3, -0.25) is 4.79 Å². The number of carbonyl (C=O) groups excluding carboxylic acids is 1. The quantitative estimate of drug-likeness (QED) is 0.920. The van der Waals surface area contributed by atoms with E-state index in [-0.39, 0.29) is 5.91 Å². The monoisotopic (exact) mass is 287 g/mol. The fourth-order valence-corrected chi connectivity index (χ4v) is 4.08. The molecule has 0 aliphatic carbocycles. The van der Waals surface area contributed by atoms with Gasteiger partial charge in [-0.15, -0.1) is 11.3 Å². The summed E-state index contributed by atoms with van der Waals surface area (Å²) in [6.07, 6.45) is 4.12. The van der Waals surface area contributed by atoms with E-state index >= 15 is 0 Å². The van der Waals surface area contributed by atoms with Gasteiger partial charge in [0.1, 0.15) is 4.83 Å². The third kappa shape index (κ3) is 2.11. The molecule has 1 N–H and O–H groups in total. The van der Waals surface area contributed by atoms with E-state index in [1.165, 1.54) is 25.9 Å². The minimum absolute atomic E-state index is 0.0179. The van der Waals surface area contributed by atoms with Crippen molar-refractivity contribution >= 4 is 27.5 Å². The van der Waals surface area contributed by atoms with E-state index in [0.717, 1.165) is 16.8 Å². The molecule has 5 heterocycles. The number of amides is 1. The summed E-state index contributed by atoms with van der Waals surface area (Å²) in [4.78, 5) is 20.2.